The van der Waals surface area contributed by atoms with E-state index >= 15 is 0 Å². The highest BCUT2D eigenvalue weighted by atomic mass is 16.4. The Morgan fingerprint density at radius 1 is 1.05 bits per heavy atom. The molecule has 0 radical (unpaired) electrons. The van der Waals surface area contributed by atoms with Crippen LogP contribution in [0, 0.1) is 0 Å². The van der Waals surface area contributed by atoms with Gasteiger partial charge in [-0.25, -0.2) is 4.79 Å². The minimum Gasteiger partial charge on any atom is -0.478 e. The lowest BCUT2D eigenvalue weighted by Gasteiger charge is -2.21. The molecule has 0 spiro atoms. The molecule has 0 saturated carbocycles. The number of aromatic carboxylic acids is 1. The zero-order chi connectivity index (χ0) is 16.5. The number of carboxylic acid groups (broad SMARTS) is 1. The van der Waals surface area contributed by atoms with Gasteiger partial charge < -0.3 is 10.2 Å². The Labute approximate surface area is 124 Å². The smallest absolute Gasteiger partial charge is 0.335 e. The molecule has 21 heavy (non-hydrogen) atoms. The van der Waals surface area contributed by atoms with E-state index in [1.807, 2.05) is 6.92 Å². The number of ketones is 2. The Morgan fingerprint density at radius 2 is 1.52 bits per heavy atom. The topological polar surface area (TPSA) is 91.7 Å². The van der Waals surface area contributed by atoms with Gasteiger partial charge >= 0.3 is 5.97 Å². The van der Waals surface area contributed by atoms with Gasteiger partial charge in [0.2, 0.25) is 0 Å². The third-order valence-corrected chi connectivity index (χ3v) is 3.08. The van der Waals surface area contributed by atoms with Crippen LogP contribution >= 0.6 is 0 Å². The maximum Gasteiger partial charge on any atom is 0.335 e. The second-order valence-electron chi connectivity index (χ2n) is 4.75. The highest BCUT2D eigenvalue weighted by Crippen LogP contribution is 2.16. The van der Waals surface area contributed by atoms with Gasteiger partial charge in [-0.1, -0.05) is 31.5 Å². The maximum absolute atomic E-state index is 10.9. The second kappa shape index (κ2) is 9.02. The van der Waals surface area contributed by atoms with Crippen molar-refractivity contribution >= 4 is 17.5 Å². The molecule has 1 rings (SSSR count). The van der Waals surface area contributed by atoms with Crippen molar-refractivity contribution in [1.29, 1.82) is 0 Å². The monoisotopic (exact) mass is 294 g/mol. The van der Waals surface area contributed by atoms with Crippen LogP contribution in [-0.2, 0) is 9.59 Å². The number of benzene rings is 1. The lowest BCUT2D eigenvalue weighted by molar-refractivity contribution is -0.149. The molecule has 0 aliphatic heterocycles. The van der Waals surface area contributed by atoms with Gasteiger partial charge in [-0.3, -0.25) is 9.59 Å². The van der Waals surface area contributed by atoms with Crippen LogP contribution in [0.2, 0.25) is 0 Å². The molecular weight excluding hydrogens is 272 g/mol. The van der Waals surface area contributed by atoms with Crippen molar-refractivity contribution in [2.75, 3.05) is 0 Å². The van der Waals surface area contributed by atoms with Gasteiger partial charge in [-0.05, 0) is 38.8 Å². The number of unbranched alkanes of at least 4 members (excludes halogenated alkanes) is 1. The molecule has 0 bridgehead atoms. The average molecular weight is 294 g/mol. The molecular formula is C16H22O5. The van der Waals surface area contributed by atoms with E-state index in [1.54, 1.807) is 30.3 Å². The Kier molecular flexibility index (Phi) is 8.16. The number of carbonyl (C=O) groups is 3. The molecule has 2 N–H and O–H groups in total. The molecule has 0 aromatic heterocycles. The van der Waals surface area contributed by atoms with Crippen LogP contribution in [0.4, 0.5) is 0 Å². The van der Waals surface area contributed by atoms with Gasteiger partial charge in [-0.2, -0.15) is 0 Å². The van der Waals surface area contributed by atoms with E-state index in [1.165, 1.54) is 13.8 Å². The zero-order valence-electron chi connectivity index (χ0n) is 12.6. The summed E-state index contributed by atoms with van der Waals surface area (Å²) < 4.78 is 0. The van der Waals surface area contributed by atoms with Gasteiger partial charge in [-0.15, -0.1) is 0 Å². The van der Waals surface area contributed by atoms with Crippen LogP contribution < -0.4 is 0 Å². The fourth-order valence-corrected chi connectivity index (χ4v) is 1.61. The number of hydrogen-bond donors (Lipinski definition) is 2. The van der Waals surface area contributed by atoms with Gasteiger partial charge in [0.25, 0.3) is 0 Å². The Morgan fingerprint density at radius 3 is 1.81 bits per heavy atom. The third-order valence-electron chi connectivity index (χ3n) is 3.08. The van der Waals surface area contributed by atoms with Gasteiger partial charge in [0, 0.05) is 0 Å². The third kappa shape index (κ3) is 6.31. The molecule has 0 amide bonds. The number of aliphatic hydroxyl groups is 1. The summed E-state index contributed by atoms with van der Waals surface area (Å²) in [4.78, 5) is 32.1. The summed E-state index contributed by atoms with van der Waals surface area (Å²) in [5, 5.41) is 18.0. The molecule has 0 aliphatic rings. The predicted octanol–water partition coefficient (Wildman–Crippen LogP) is 2.47. The fourth-order valence-electron chi connectivity index (χ4n) is 1.61. The van der Waals surface area contributed by atoms with Crippen molar-refractivity contribution in [2.24, 2.45) is 0 Å². The molecule has 0 atom stereocenters. The summed E-state index contributed by atoms with van der Waals surface area (Å²) in [6.07, 6.45) is 1.80. The van der Waals surface area contributed by atoms with Crippen LogP contribution in [0.5, 0.6) is 0 Å². The van der Waals surface area contributed by atoms with Gasteiger partial charge in [0.1, 0.15) is 0 Å². The number of carboxylic acids is 1. The average Bonchev–Trinajstić information content (AvgIpc) is 2.45. The van der Waals surface area contributed by atoms with Crippen LogP contribution in [0.3, 0.4) is 0 Å². The Hall–Kier alpha value is -2.01. The molecule has 0 heterocycles. The lowest BCUT2D eigenvalue weighted by atomic mass is 9.89. The summed E-state index contributed by atoms with van der Waals surface area (Å²) in [5.41, 5.74) is -1.40. The Balaban J connectivity index is 0.000000394. The van der Waals surface area contributed by atoms with Crippen molar-refractivity contribution in [3.63, 3.8) is 0 Å². The largest absolute Gasteiger partial charge is 0.478 e. The van der Waals surface area contributed by atoms with Crippen molar-refractivity contribution in [3.05, 3.63) is 35.9 Å². The SMILES string of the molecule is CCCCC(O)(C(C)=O)C(C)=O.O=C(O)c1ccccc1. The summed E-state index contributed by atoms with van der Waals surface area (Å²) in [5.74, 6) is -1.79. The molecule has 116 valence electrons. The number of rotatable bonds is 6. The predicted molar refractivity (Wildman–Crippen MR) is 79.2 cm³/mol. The quantitative estimate of drug-likeness (QED) is 0.786. The molecule has 0 aliphatic carbocycles. The van der Waals surface area contributed by atoms with E-state index in [0.29, 0.717) is 12.0 Å². The zero-order valence-corrected chi connectivity index (χ0v) is 12.6. The normalized spacial score (nSPS) is 10.3. The molecule has 1 aromatic carbocycles. The minimum atomic E-state index is -1.73. The van der Waals surface area contributed by atoms with E-state index < -0.39 is 23.1 Å². The van der Waals surface area contributed by atoms with E-state index in [4.69, 9.17) is 5.11 Å². The standard InChI is InChI=1S/C9H16O3.C7H6O2/c1-4-5-6-9(12,7(2)10)8(3)11;8-7(9)6-4-2-1-3-5-6/h12H,4-6H2,1-3H3;1-5H,(H,8,9). The van der Waals surface area contributed by atoms with Crippen molar-refractivity contribution in [2.45, 2.75) is 45.6 Å². The van der Waals surface area contributed by atoms with Gasteiger partial charge in [0.15, 0.2) is 17.2 Å². The molecule has 0 unspecified atom stereocenters. The first-order valence-corrected chi connectivity index (χ1v) is 6.78. The fraction of sp³-hybridized carbons (Fsp3) is 0.438. The van der Waals surface area contributed by atoms with Crippen LogP contribution in [0.1, 0.15) is 50.4 Å². The summed E-state index contributed by atoms with van der Waals surface area (Å²) >= 11 is 0. The second-order valence-corrected chi connectivity index (χ2v) is 4.75. The molecule has 0 saturated heterocycles. The van der Waals surface area contributed by atoms with Crippen LogP contribution in [0.25, 0.3) is 0 Å². The highest BCUT2D eigenvalue weighted by Gasteiger charge is 2.36. The number of Topliss-reactive ketones (excluding diaryl/α,β-unsaturated/α-hetero) is 2. The number of carbonyl (C=O) groups excluding carboxylic acids is 2. The van der Waals surface area contributed by atoms with E-state index in [0.717, 1.165) is 6.42 Å². The Bertz CT molecular complexity index is 465. The number of hydrogen-bond acceptors (Lipinski definition) is 4. The first-order chi connectivity index (χ1) is 9.75. The first kappa shape index (κ1) is 19.0. The molecule has 0 fully saturated rings. The van der Waals surface area contributed by atoms with Crippen molar-refractivity contribution in [3.8, 4) is 0 Å². The van der Waals surface area contributed by atoms with E-state index in [2.05, 4.69) is 0 Å². The van der Waals surface area contributed by atoms with Gasteiger partial charge in [0.05, 0.1) is 5.56 Å². The molecule has 5 nitrogen and oxygen atoms in total. The highest BCUT2D eigenvalue weighted by molar-refractivity contribution is 6.08. The van der Waals surface area contributed by atoms with Crippen molar-refractivity contribution in [1.82, 2.24) is 0 Å². The van der Waals surface area contributed by atoms with Crippen LogP contribution in [-0.4, -0.2) is 33.3 Å². The molecule has 5 heteroatoms. The van der Waals surface area contributed by atoms with Crippen LogP contribution in [0.15, 0.2) is 30.3 Å². The first-order valence-electron chi connectivity index (χ1n) is 6.78. The van der Waals surface area contributed by atoms with E-state index in [9.17, 15) is 19.5 Å². The van der Waals surface area contributed by atoms with E-state index in [-0.39, 0.29) is 6.42 Å². The molecule has 1 aromatic rings. The van der Waals surface area contributed by atoms with Crippen molar-refractivity contribution < 1.29 is 24.6 Å². The maximum atomic E-state index is 10.9. The minimum absolute atomic E-state index is 0.244. The summed E-state index contributed by atoms with van der Waals surface area (Å²) in [6.45, 7) is 4.44. The lowest BCUT2D eigenvalue weighted by Crippen LogP contribution is -2.43. The summed E-state index contributed by atoms with van der Waals surface area (Å²) in [7, 11) is 0. The summed E-state index contributed by atoms with van der Waals surface area (Å²) in [6, 6.07) is 8.30.